The van der Waals surface area contributed by atoms with Gasteiger partial charge in [0.05, 0.1) is 13.2 Å². The molecule has 1 aromatic rings. The molecular formula is C16H20O4. The van der Waals surface area contributed by atoms with Crippen molar-refractivity contribution in [3.8, 4) is 0 Å². The maximum Gasteiger partial charge on any atom is 0.338 e. The summed E-state index contributed by atoms with van der Waals surface area (Å²) in [6, 6.07) is 9.48. The molecule has 0 heterocycles. The van der Waals surface area contributed by atoms with E-state index in [1.54, 1.807) is 13.0 Å². The van der Waals surface area contributed by atoms with Gasteiger partial charge < -0.3 is 14.6 Å². The number of rotatable bonds is 8. The monoisotopic (exact) mass is 276 g/mol. The number of aliphatic hydroxyl groups excluding tert-OH is 1. The van der Waals surface area contributed by atoms with Crippen molar-refractivity contribution in [2.75, 3.05) is 13.2 Å². The van der Waals surface area contributed by atoms with Crippen LogP contribution in [0.4, 0.5) is 0 Å². The summed E-state index contributed by atoms with van der Waals surface area (Å²) in [5.41, 5.74) is 0.929. The fourth-order valence-corrected chi connectivity index (χ4v) is 1.58. The normalized spacial score (nSPS) is 13.9. The molecule has 0 fully saturated rings. The summed E-state index contributed by atoms with van der Waals surface area (Å²) < 4.78 is 10.1. The van der Waals surface area contributed by atoms with Crippen molar-refractivity contribution in [1.29, 1.82) is 0 Å². The Morgan fingerprint density at radius 2 is 2.10 bits per heavy atom. The molecule has 1 N–H and O–H groups in total. The van der Waals surface area contributed by atoms with Crippen LogP contribution in [0.5, 0.6) is 0 Å². The van der Waals surface area contributed by atoms with Gasteiger partial charge in [0, 0.05) is 0 Å². The predicted octanol–water partition coefficient (Wildman–Crippen LogP) is 2.20. The summed E-state index contributed by atoms with van der Waals surface area (Å²) in [6.07, 6.45) is 2.63. The average molecular weight is 276 g/mol. The molecule has 1 aromatic carbocycles. The van der Waals surface area contributed by atoms with Gasteiger partial charge in [0.25, 0.3) is 0 Å². The summed E-state index contributed by atoms with van der Waals surface area (Å²) in [5, 5.41) is 10.0. The Labute approximate surface area is 119 Å². The minimum atomic E-state index is -1.07. The molecule has 0 aliphatic heterocycles. The minimum Gasteiger partial charge on any atom is -0.464 e. The van der Waals surface area contributed by atoms with Crippen LogP contribution in [0.15, 0.2) is 49.1 Å². The fraction of sp³-hybridized carbons (Fsp3) is 0.312. The van der Waals surface area contributed by atoms with E-state index < -0.39 is 18.2 Å². The first-order chi connectivity index (χ1) is 9.69. The van der Waals surface area contributed by atoms with Crippen LogP contribution in [0.2, 0.25) is 0 Å². The number of hydrogen-bond donors (Lipinski definition) is 1. The lowest BCUT2D eigenvalue weighted by molar-refractivity contribution is -0.161. The summed E-state index contributed by atoms with van der Waals surface area (Å²) >= 11 is 0. The van der Waals surface area contributed by atoms with Crippen molar-refractivity contribution in [3.05, 3.63) is 54.6 Å². The maximum atomic E-state index is 11.7. The lowest BCUT2D eigenvalue weighted by Crippen LogP contribution is -2.37. The third-order valence-corrected chi connectivity index (χ3v) is 2.51. The van der Waals surface area contributed by atoms with E-state index in [1.807, 2.05) is 30.3 Å². The van der Waals surface area contributed by atoms with Crippen molar-refractivity contribution in [3.63, 3.8) is 0 Å². The van der Waals surface area contributed by atoms with E-state index in [0.717, 1.165) is 5.56 Å². The first-order valence-electron chi connectivity index (χ1n) is 6.49. The molecule has 0 spiro atoms. The summed E-state index contributed by atoms with van der Waals surface area (Å²) in [5.74, 6) is -0.584. The fourth-order valence-electron chi connectivity index (χ4n) is 1.58. The van der Waals surface area contributed by atoms with Gasteiger partial charge in [-0.3, -0.25) is 0 Å². The quantitative estimate of drug-likeness (QED) is 0.584. The number of aliphatic hydroxyl groups is 1. The second-order valence-electron chi connectivity index (χ2n) is 4.06. The molecule has 0 radical (unpaired) electrons. The molecule has 0 saturated carbocycles. The Bertz CT molecular complexity index is 439. The van der Waals surface area contributed by atoms with Gasteiger partial charge in [0.2, 0.25) is 0 Å². The molecule has 0 aliphatic carbocycles. The van der Waals surface area contributed by atoms with Crippen molar-refractivity contribution in [2.45, 2.75) is 19.1 Å². The smallest absolute Gasteiger partial charge is 0.338 e. The van der Waals surface area contributed by atoms with E-state index in [0.29, 0.717) is 0 Å². The topological polar surface area (TPSA) is 55.8 Å². The molecule has 2 unspecified atom stereocenters. The van der Waals surface area contributed by atoms with Crippen LogP contribution in [-0.2, 0) is 14.3 Å². The van der Waals surface area contributed by atoms with Crippen molar-refractivity contribution >= 4 is 12.0 Å². The number of carbonyl (C=O) groups excluding carboxylic acids is 1. The van der Waals surface area contributed by atoms with Gasteiger partial charge in [-0.05, 0) is 12.5 Å². The highest BCUT2D eigenvalue weighted by atomic mass is 16.6. The van der Waals surface area contributed by atoms with Gasteiger partial charge in [0.15, 0.2) is 6.10 Å². The van der Waals surface area contributed by atoms with E-state index in [1.165, 1.54) is 12.2 Å². The first kappa shape index (κ1) is 16.1. The number of esters is 1. The molecular weight excluding hydrogens is 256 g/mol. The second kappa shape index (κ2) is 9.07. The predicted molar refractivity (Wildman–Crippen MR) is 78.1 cm³/mol. The average Bonchev–Trinajstić information content (AvgIpc) is 2.47. The number of benzene rings is 1. The maximum absolute atomic E-state index is 11.7. The Kier molecular flexibility index (Phi) is 7.32. The van der Waals surface area contributed by atoms with Crippen molar-refractivity contribution in [1.82, 2.24) is 0 Å². The van der Waals surface area contributed by atoms with Gasteiger partial charge >= 0.3 is 5.97 Å². The zero-order valence-corrected chi connectivity index (χ0v) is 11.6. The van der Waals surface area contributed by atoms with Gasteiger partial charge in [0.1, 0.15) is 6.10 Å². The van der Waals surface area contributed by atoms with Crippen LogP contribution in [0.1, 0.15) is 12.5 Å². The highest BCUT2D eigenvalue weighted by Gasteiger charge is 2.26. The molecule has 2 atom stereocenters. The van der Waals surface area contributed by atoms with Crippen LogP contribution < -0.4 is 0 Å². The molecule has 0 aliphatic rings. The van der Waals surface area contributed by atoms with Gasteiger partial charge in [-0.2, -0.15) is 0 Å². The largest absolute Gasteiger partial charge is 0.464 e. The SMILES string of the molecule is C=CCOC(C(=O)OCC)C(O)C=Cc1ccccc1. The molecule has 4 nitrogen and oxygen atoms in total. The Balaban J connectivity index is 2.71. The Morgan fingerprint density at radius 1 is 1.40 bits per heavy atom. The van der Waals surface area contributed by atoms with Gasteiger partial charge in [-0.15, -0.1) is 6.58 Å². The highest BCUT2D eigenvalue weighted by molar-refractivity contribution is 5.76. The third-order valence-electron chi connectivity index (χ3n) is 2.51. The Morgan fingerprint density at radius 3 is 2.70 bits per heavy atom. The Hall–Kier alpha value is -1.91. The van der Waals surface area contributed by atoms with Crippen molar-refractivity contribution in [2.24, 2.45) is 0 Å². The van der Waals surface area contributed by atoms with E-state index in [4.69, 9.17) is 9.47 Å². The molecule has 20 heavy (non-hydrogen) atoms. The molecule has 0 aromatic heterocycles. The standard InChI is InChI=1S/C16H20O4/c1-3-12-20-15(16(18)19-4-2)14(17)11-10-13-8-6-5-7-9-13/h3,5-11,14-15,17H,1,4,12H2,2H3. The van der Waals surface area contributed by atoms with E-state index in [-0.39, 0.29) is 13.2 Å². The van der Waals surface area contributed by atoms with Crippen LogP contribution in [0, 0.1) is 0 Å². The van der Waals surface area contributed by atoms with Crippen LogP contribution in [0.25, 0.3) is 6.08 Å². The second-order valence-corrected chi connectivity index (χ2v) is 4.06. The zero-order chi connectivity index (χ0) is 14.8. The molecule has 0 bridgehead atoms. The lowest BCUT2D eigenvalue weighted by atomic mass is 10.1. The summed E-state index contributed by atoms with van der Waals surface area (Å²) in [6.45, 7) is 5.62. The van der Waals surface area contributed by atoms with Crippen LogP contribution in [-0.4, -0.2) is 36.5 Å². The third kappa shape index (κ3) is 5.38. The first-order valence-corrected chi connectivity index (χ1v) is 6.49. The molecule has 108 valence electrons. The minimum absolute atomic E-state index is 0.166. The summed E-state index contributed by atoms with van der Waals surface area (Å²) in [7, 11) is 0. The van der Waals surface area contributed by atoms with E-state index in [9.17, 15) is 9.90 Å². The number of ether oxygens (including phenoxy) is 2. The number of hydrogen-bond acceptors (Lipinski definition) is 4. The molecule has 1 rings (SSSR count). The van der Waals surface area contributed by atoms with Crippen molar-refractivity contribution < 1.29 is 19.4 Å². The van der Waals surface area contributed by atoms with Gasteiger partial charge in [-0.25, -0.2) is 4.79 Å². The van der Waals surface area contributed by atoms with Crippen LogP contribution in [0.3, 0.4) is 0 Å². The van der Waals surface area contributed by atoms with E-state index >= 15 is 0 Å². The van der Waals surface area contributed by atoms with Gasteiger partial charge in [-0.1, -0.05) is 48.6 Å². The van der Waals surface area contributed by atoms with E-state index in [2.05, 4.69) is 6.58 Å². The highest BCUT2D eigenvalue weighted by Crippen LogP contribution is 2.08. The zero-order valence-electron chi connectivity index (χ0n) is 11.6. The molecule has 4 heteroatoms. The molecule has 0 saturated heterocycles. The van der Waals surface area contributed by atoms with Crippen LogP contribution >= 0.6 is 0 Å². The number of carbonyl (C=O) groups is 1. The lowest BCUT2D eigenvalue weighted by Gasteiger charge is -2.18. The summed E-state index contributed by atoms with van der Waals surface area (Å²) in [4.78, 5) is 11.7. The molecule has 0 amide bonds.